The van der Waals surface area contributed by atoms with Gasteiger partial charge in [-0.25, -0.2) is 4.98 Å². The molecule has 0 saturated heterocycles. The van der Waals surface area contributed by atoms with E-state index in [-0.39, 0.29) is 10.9 Å². The molecule has 1 aromatic rings. The number of hydrogen-bond acceptors (Lipinski definition) is 3. The van der Waals surface area contributed by atoms with Crippen molar-refractivity contribution >= 4 is 17.4 Å². The molecular weight excluding hydrogens is 210 g/mol. The molecule has 1 N–H and O–H groups in total. The summed E-state index contributed by atoms with van der Waals surface area (Å²) >= 11 is 6.08. The van der Waals surface area contributed by atoms with Crippen molar-refractivity contribution in [2.45, 2.75) is 45.5 Å². The molecule has 84 valence electrons. The molecule has 0 spiro atoms. The Morgan fingerprint density at radius 3 is 2.40 bits per heavy atom. The third-order valence-corrected chi connectivity index (χ3v) is 3.18. The molecule has 15 heavy (non-hydrogen) atoms. The second-order valence-electron chi connectivity index (χ2n) is 4.39. The monoisotopic (exact) mass is 227 g/mol. The Balaban J connectivity index is 2.86. The maximum atomic E-state index is 6.08. The highest BCUT2D eigenvalue weighted by atomic mass is 35.5. The summed E-state index contributed by atoms with van der Waals surface area (Å²) in [7, 11) is 0. The number of aromatic nitrogens is 2. The van der Waals surface area contributed by atoms with Gasteiger partial charge in [-0.1, -0.05) is 0 Å². The Kier molecular flexibility index (Phi) is 3.55. The lowest BCUT2D eigenvalue weighted by molar-refractivity contribution is 0.552. The number of nitrogens with zero attached hydrogens (tertiary/aromatic N) is 2. The van der Waals surface area contributed by atoms with Crippen LogP contribution in [0, 0.1) is 13.8 Å². The molecule has 1 atom stereocenters. The predicted octanol–water partition coefficient (Wildman–Crippen LogP) is 2.91. The molecule has 0 fully saturated rings. The quantitative estimate of drug-likeness (QED) is 0.807. The Hall–Kier alpha value is -0.830. The smallest absolute Gasteiger partial charge is 0.145 e. The van der Waals surface area contributed by atoms with Crippen molar-refractivity contribution in [3.8, 4) is 0 Å². The normalized spacial score (nSPS) is 13.7. The number of hydrogen-bond donors (Lipinski definition) is 1. The number of rotatable bonds is 3. The average molecular weight is 228 g/mol. The lowest BCUT2D eigenvalue weighted by Crippen LogP contribution is -2.39. The molecule has 3 nitrogen and oxygen atoms in total. The lowest BCUT2D eigenvalue weighted by Gasteiger charge is -2.29. The third-order valence-electron chi connectivity index (χ3n) is 2.64. The number of halogens is 1. The summed E-state index contributed by atoms with van der Waals surface area (Å²) in [6, 6.07) is 0. The maximum absolute atomic E-state index is 6.08. The molecule has 0 saturated carbocycles. The second-order valence-corrected chi connectivity index (χ2v) is 5.04. The van der Waals surface area contributed by atoms with Gasteiger partial charge < -0.3 is 5.32 Å². The van der Waals surface area contributed by atoms with Crippen LogP contribution in [-0.2, 0) is 0 Å². The van der Waals surface area contributed by atoms with E-state index in [0.29, 0.717) is 0 Å². The van der Waals surface area contributed by atoms with Gasteiger partial charge in [-0.15, -0.1) is 11.6 Å². The molecule has 1 aromatic heterocycles. The summed E-state index contributed by atoms with van der Waals surface area (Å²) in [5.74, 6) is 0.774. The molecule has 0 aliphatic heterocycles. The van der Waals surface area contributed by atoms with Gasteiger partial charge in [-0.2, -0.15) is 0 Å². The minimum atomic E-state index is -0.196. The van der Waals surface area contributed by atoms with Crippen molar-refractivity contribution in [3.63, 3.8) is 0 Å². The first-order valence-electron chi connectivity index (χ1n) is 5.05. The summed E-state index contributed by atoms with van der Waals surface area (Å²) in [5, 5.41) is 3.29. The van der Waals surface area contributed by atoms with Gasteiger partial charge >= 0.3 is 0 Å². The van der Waals surface area contributed by atoms with Gasteiger partial charge in [0, 0.05) is 5.54 Å². The molecule has 0 bridgehead atoms. The first-order chi connectivity index (χ1) is 6.83. The summed E-state index contributed by atoms with van der Waals surface area (Å²) < 4.78 is 0. The van der Waals surface area contributed by atoms with E-state index in [2.05, 4.69) is 15.3 Å². The fourth-order valence-corrected chi connectivity index (χ4v) is 1.09. The zero-order valence-corrected chi connectivity index (χ0v) is 10.7. The van der Waals surface area contributed by atoms with Gasteiger partial charge in [-0.3, -0.25) is 4.98 Å². The minimum absolute atomic E-state index is 0.0147. The standard InChI is InChI=1S/C11H18ClN3/c1-7-8(2)14-10(6-13-7)15-11(4,5)9(3)12/h6,9H,1-5H3,(H,14,15). The molecule has 0 radical (unpaired) electrons. The van der Waals surface area contributed by atoms with Crippen LogP contribution in [0.1, 0.15) is 32.2 Å². The first kappa shape index (κ1) is 12.2. The van der Waals surface area contributed by atoms with Gasteiger partial charge in [0.2, 0.25) is 0 Å². The van der Waals surface area contributed by atoms with Crippen molar-refractivity contribution in [1.29, 1.82) is 0 Å². The van der Waals surface area contributed by atoms with Crippen LogP contribution >= 0.6 is 11.6 Å². The Bertz CT molecular complexity index is 348. The maximum Gasteiger partial charge on any atom is 0.145 e. The van der Waals surface area contributed by atoms with Crippen LogP contribution in [-0.4, -0.2) is 20.9 Å². The highest BCUT2D eigenvalue weighted by Gasteiger charge is 2.24. The van der Waals surface area contributed by atoms with Crippen LogP contribution in [0.2, 0.25) is 0 Å². The highest BCUT2D eigenvalue weighted by Crippen LogP contribution is 2.20. The van der Waals surface area contributed by atoms with E-state index in [4.69, 9.17) is 11.6 Å². The van der Waals surface area contributed by atoms with Gasteiger partial charge in [0.25, 0.3) is 0 Å². The van der Waals surface area contributed by atoms with E-state index in [1.54, 1.807) is 6.20 Å². The van der Waals surface area contributed by atoms with Gasteiger partial charge in [-0.05, 0) is 34.6 Å². The molecule has 1 rings (SSSR count). The molecule has 0 aliphatic rings. The third kappa shape index (κ3) is 3.06. The van der Waals surface area contributed by atoms with Gasteiger partial charge in [0.15, 0.2) is 0 Å². The Morgan fingerprint density at radius 1 is 1.33 bits per heavy atom. The molecule has 1 unspecified atom stereocenters. The van der Waals surface area contributed by atoms with E-state index >= 15 is 0 Å². The summed E-state index contributed by atoms with van der Waals surface area (Å²) in [5.41, 5.74) is 1.70. The zero-order valence-electron chi connectivity index (χ0n) is 9.93. The molecule has 0 aromatic carbocycles. The molecule has 0 aliphatic carbocycles. The Labute approximate surface area is 96.3 Å². The van der Waals surface area contributed by atoms with Crippen molar-refractivity contribution in [1.82, 2.24) is 9.97 Å². The second kappa shape index (κ2) is 4.35. The van der Waals surface area contributed by atoms with Crippen LogP contribution in [0.5, 0.6) is 0 Å². The van der Waals surface area contributed by atoms with Crippen LogP contribution in [0.4, 0.5) is 5.82 Å². The summed E-state index contributed by atoms with van der Waals surface area (Å²) in [6.07, 6.45) is 1.74. The molecular formula is C11H18ClN3. The van der Waals surface area contributed by atoms with Crippen LogP contribution in [0.25, 0.3) is 0 Å². The van der Waals surface area contributed by atoms with Gasteiger partial charge in [0.05, 0.1) is 23.0 Å². The van der Waals surface area contributed by atoms with Crippen molar-refractivity contribution in [3.05, 3.63) is 17.6 Å². The average Bonchev–Trinajstić information content (AvgIpc) is 2.10. The Morgan fingerprint density at radius 2 is 1.93 bits per heavy atom. The molecule has 1 heterocycles. The van der Waals surface area contributed by atoms with E-state index < -0.39 is 0 Å². The highest BCUT2D eigenvalue weighted by molar-refractivity contribution is 6.21. The number of alkyl halides is 1. The molecule has 0 amide bonds. The molecule has 4 heteroatoms. The fraction of sp³-hybridized carbons (Fsp3) is 0.636. The topological polar surface area (TPSA) is 37.8 Å². The van der Waals surface area contributed by atoms with Crippen LogP contribution in [0.15, 0.2) is 6.20 Å². The first-order valence-corrected chi connectivity index (χ1v) is 5.49. The van der Waals surface area contributed by atoms with E-state index in [1.165, 1.54) is 0 Å². The largest absolute Gasteiger partial charge is 0.362 e. The van der Waals surface area contributed by atoms with E-state index in [9.17, 15) is 0 Å². The minimum Gasteiger partial charge on any atom is -0.362 e. The zero-order chi connectivity index (χ0) is 11.6. The van der Waals surface area contributed by atoms with Crippen molar-refractivity contribution in [2.24, 2.45) is 0 Å². The van der Waals surface area contributed by atoms with Crippen molar-refractivity contribution < 1.29 is 0 Å². The fourth-order valence-electron chi connectivity index (χ4n) is 1.03. The lowest BCUT2D eigenvalue weighted by atomic mass is 10.0. The number of aryl methyl sites for hydroxylation is 2. The SMILES string of the molecule is Cc1ncc(NC(C)(C)C(C)Cl)nc1C. The van der Waals surface area contributed by atoms with Gasteiger partial charge in [0.1, 0.15) is 5.82 Å². The van der Waals surface area contributed by atoms with E-state index in [0.717, 1.165) is 17.2 Å². The number of anilines is 1. The predicted molar refractivity (Wildman–Crippen MR) is 64.5 cm³/mol. The van der Waals surface area contributed by atoms with E-state index in [1.807, 2.05) is 34.6 Å². The number of nitrogens with one attached hydrogen (secondary N) is 1. The van der Waals surface area contributed by atoms with Crippen LogP contribution in [0.3, 0.4) is 0 Å². The summed E-state index contributed by atoms with van der Waals surface area (Å²) in [4.78, 5) is 8.66. The summed E-state index contributed by atoms with van der Waals surface area (Å²) in [6.45, 7) is 9.94. The van der Waals surface area contributed by atoms with Crippen LogP contribution < -0.4 is 5.32 Å². The van der Waals surface area contributed by atoms with Crippen molar-refractivity contribution in [2.75, 3.05) is 5.32 Å².